The number of carbonyl (C=O) groups excluding carboxylic acids is 1. The third kappa shape index (κ3) is 5.82. The van der Waals surface area contributed by atoms with Crippen LogP contribution in [0.2, 0.25) is 0 Å². The molecule has 0 saturated heterocycles. The molecule has 2 rings (SSSR count). The van der Waals surface area contributed by atoms with Gasteiger partial charge in [0.15, 0.2) is 6.10 Å². The zero-order valence-corrected chi connectivity index (χ0v) is 15.2. The van der Waals surface area contributed by atoms with Crippen LogP contribution in [0.5, 0.6) is 11.5 Å². The Morgan fingerprint density at radius 3 is 2.12 bits per heavy atom. The summed E-state index contributed by atoms with van der Waals surface area (Å²) in [5.41, 5.74) is 2.41. The first-order valence-corrected chi connectivity index (χ1v) is 8.82. The Morgan fingerprint density at radius 2 is 1.56 bits per heavy atom. The minimum atomic E-state index is -0.469. The largest absolute Gasteiger partial charge is 0.497 e. The number of hydrogen-bond acceptors (Lipinski definition) is 3. The lowest BCUT2D eigenvalue weighted by Crippen LogP contribution is -2.38. The molecule has 1 amide bonds. The first kappa shape index (κ1) is 18.8. The van der Waals surface area contributed by atoms with Crippen LogP contribution in [0.1, 0.15) is 31.4 Å². The number of amides is 1. The molecule has 0 aromatic heterocycles. The Morgan fingerprint density at radius 1 is 0.960 bits per heavy atom. The number of aryl methyl sites for hydroxylation is 1. The molecule has 0 radical (unpaired) electrons. The molecule has 0 bridgehead atoms. The van der Waals surface area contributed by atoms with Gasteiger partial charge in [-0.15, -0.1) is 0 Å². The van der Waals surface area contributed by atoms with E-state index in [1.54, 1.807) is 7.11 Å². The highest BCUT2D eigenvalue weighted by molar-refractivity contribution is 5.81. The van der Waals surface area contributed by atoms with Crippen molar-refractivity contribution < 1.29 is 14.3 Å². The number of carbonyl (C=O) groups is 1. The van der Waals surface area contributed by atoms with Crippen molar-refractivity contribution in [1.82, 2.24) is 5.32 Å². The summed E-state index contributed by atoms with van der Waals surface area (Å²) in [5.74, 6) is 1.49. The summed E-state index contributed by atoms with van der Waals surface area (Å²) in [6, 6.07) is 15.8. The highest BCUT2D eigenvalue weighted by Crippen LogP contribution is 2.15. The van der Waals surface area contributed by atoms with Gasteiger partial charge in [-0.2, -0.15) is 0 Å². The Hall–Kier alpha value is -2.49. The lowest BCUT2D eigenvalue weighted by atomic mass is 10.1. The molecule has 0 unspecified atom stereocenters. The van der Waals surface area contributed by atoms with Crippen LogP contribution in [0.15, 0.2) is 48.5 Å². The van der Waals surface area contributed by atoms with Gasteiger partial charge >= 0.3 is 0 Å². The number of ether oxygens (including phenoxy) is 2. The summed E-state index contributed by atoms with van der Waals surface area (Å²) in [4.78, 5) is 12.3. The number of methoxy groups -OCH3 is 1. The Kier molecular flexibility index (Phi) is 7.33. The molecule has 0 aliphatic heterocycles. The second kappa shape index (κ2) is 9.72. The van der Waals surface area contributed by atoms with E-state index in [-0.39, 0.29) is 5.91 Å². The predicted molar refractivity (Wildman–Crippen MR) is 100 cm³/mol. The average molecular weight is 341 g/mol. The highest BCUT2D eigenvalue weighted by atomic mass is 16.5. The standard InChI is InChI=1S/C21H27NO3/c1-4-16-6-12-19(13-7-16)25-20(5-2)21(23)22-15-14-17-8-10-18(24-3)11-9-17/h6-13,20H,4-5,14-15H2,1-3H3,(H,22,23)/t20-/m1/s1. The van der Waals surface area contributed by atoms with E-state index >= 15 is 0 Å². The maximum absolute atomic E-state index is 12.3. The minimum absolute atomic E-state index is 0.0735. The molecule has 134 valence electrons. The summed E-state index contributed by atoms with van der Waals surface area (Å²) >= 11 is 0. The molecule has 1 N–H and O–H groups in total. The smallest absolute Gasteiger partial charge is 0.261 e. The summed E-state index contributed by atoms with van der Waals surface area (Å²) in [5, 5.41) is 2.96. The summed E-state index contributed by atoms with van der Waals surface area (Å²) in [6.45, 7) is 4.65. The van der Waals surface area contributed by atoms with Gasteiger partial charge in [0.05, 0.1) is 7.11 Å². The fraction of sp³-hybridized carbons (Fsp3) is 0.381. The molecule has 0 saturated carbocycles. The van der Waals surface area contributed by atoms with Crippen LogP contribution in [0, 0.1) is 0 Å². The Bertz CT molecular complexity index is 650. The quantitative estimate of drug-likeness (QED) is 0.755. The monoisotopic (exact) mass is 341 g/mol. The van der Waals surface area contributed by atoms with Crippen molar-refractivity contribution in [3.8, 4) is 11.5 Å². The van der Waals surface area contributed by atoms with Crippen molar-refractivity contribution in [2.24, 2.45) is 0 Å². The van der Waals surface area contributed by atoms with E-state index in [0.29, 0.717) is 13.0 Å². The van der Waals surface area contributed by atoms with Crippen molar-refractivity contribution >= 4 is 5.91 Å². The predicted octanol–water partition coefficient (Wildman–Crippen LogP) is 3.77. The first-order valence-electron chi connectivity index (χ1n) is 8.82. The van der Waals surface area contributed by atoms with Gasteiger partial charge in [0.25, 0.3) is 5.91 Å². The van der Waals surface area contributed by atoms with E-state index in [1.165, 1.54) is 5.56 Å². The molecule has 1 atom stereocenters. The zero-order valence-electron chi connectivity index (χ0n) is 15.2. The van der Waals surface area contributed by atoms with Gasteiger partial charge in [0.2, 0.25) is 0 Å². The van der Waals surface area contributed by atoms with E-state index in [9.17, 15) is 4.79 Å². The molecule has 2 aromatic rings. The zero-order chi connectivity index (χ0) is 18.1. The van der Waals surface area contributed by atoms with Crippen molar-refractivity contribution in [3.05, 3.63) is 59.7 Å². The van der Waals surface area contributed by atoms with E-state index in [4.69, 9.17) is 9.47 Å². The maximum atomic E-state index is 12.3. The van der Waals surface area contributed by atoms with Crippen LogP contribution >= 0.6 is 0 Å². The molecule has 0 heterocycles. The first-order chi connectivity index (χ1) is 12.2. The molecule has 4 nitrogen and oxygen atoms in total. The normalized spacial score (nSPS) is 11.6. The van der Waals surface area contributed by atoms with Crippen LogP contribution < -0.4 is 14.8 Å². The van der Waals surface area contributed by atoms with Gasteiger partial charge < -0.3 is 14.8 Å². The van der Waals surface area contributed by atoms with Crippen molar-refractivity contribution in [3.63, 3.8) is 0 Å². The SMILES string of the molecule is CCc1ccc(O[C@H](CC)C(=O)NCCc2ccc(OC)cc2)cc1. The second-order valence-corrected chi connectivity index (χ2v) is 5.90. The van der Waals surface area contributed by atoms with E-state index in [2.05, 4.69) is 12.2 Å². The number of nitrogens with one attached hydrogen (secondary N) is 1. The van der Waals surface area contributed by atoms with Gasteiger partial charge in [-0.1, -0.05) is 38.1 Å². The fourth-order valence-corrected chi connectivity index (χ4v) is 2.53. The van der Waals surface area contributed by atoms with Gasteiger partial charge in [-0.3, -0.25) is 4.79 Å². The highest BCUT2D eigenvalue weighted by Gasteiger charge is 2.17. The molecule has 4 heteroatoms. The van der Waals surface area contributed by atoms with E-state index < -0.39 is 6.10 Å². The van der Waals surface area contributed by atoms with Crippen LogP contribution in [0.4, 0.5) is 0 Å². The van der Waals surface area contributed by atoms with Gasteiger partial charge in [-0.25, -0.2) is 0 Å². The molecule has 25 heavy (non-hydrogen) atoms. The number of rotatable bonds is 9. The third-order valence-electron chi connectivity index (χ3n) is 4.15. The van der Waals surface area contributed by atoms with E-state index in [0.717, 1.165) is 29.9 Å². The minimum Gasteiger partial charge on any atom is -0.497 e. The van der Waals surface area contributed by atoms with Gasteiger partial charge in [0.1, 0.15) is 11.5 Å². The van der Waals surface area contributed by atoms with Crippen LogP contribution in [-0.2, 0) is 17.6 Å². The molecular formula is C21H27NO3. The van der Waals surface area contributed by atoms with Crippen molar-refractivity contribution in [1.29, 1.82) is 0 Å². The Balaban J connectivity index is 1.81. The number of benzene rings is 2. The summed E-state index contributed by atoms with van der Waals surface area (Å²) in [6.07, 6.45) is 1.92. The van der Waals surface area contributed by atoms with Crippen molar-refractivity contribution in [2.75, 3.05) is 13.7 Å². The molecular weight excluding hydrogens is 314 g/mol. The molecule has 2 aromatic carbocycles. The fourth-order valence-electron chi connectivity index (χ4n) is 2.53. The average Bonchev–Trinajstić information content (AvgIpc) is 2.67. The molecule has 0 aliphatic carbocycles. The Labute approximate surface area is 150 Å². The molecule has 0 aliphatic rings. The lowest BCUT2D eigenvalue weighted by molar-refractivity contribution is -0.128. The second-order valence-electron chi connectivity index (χ2n) is 5.90. The summed E-state index contributed by atoms with van der Waals surface area (Å²) < 4.78 is 11.0. The van der Waals surface area contributed by atoms with Gasteiger partial charge in [-0.05, 0) is 54.7 Å². The maximum Gasteiger partial charge on any atom is 0.261 e. The number of hydrogen-bond donors (Lipinski definition) is 1. The van der Waals surface area contributed by atoms with Crippen LogP contribution in [-0.4, -0.2) is 25.7 Å². The van der Waals surface area contributed by atoms with E-state index in [1.807, 2.05) is 55.5 Å². The van der Waals surface area contributed by atoms with Gasteiger partial charge in [0, 0.05) is 6.54 Å². The van der Waals surface area contributed by atoms with Crippen LogP contribution in [0.3, 0.4) is 0 Å². The molecule has 0 spiro atoms. The third-order valence-corrected chi connectivity index (χ3v) is 4.15. The topological polar surface area (TPSA) is 47.6 Å². The molecule has 0 fully saturated rings. The lowest BCUT2D eigenvalue weighted by Gasteiger charge is -2.17. The van der Waals surface area contributed by atoms with Crippen LogP contribution in [0.25, 0.3) is 0 Å². The summed E-state index contributed by atoms with van der Waals surface area (Å²) in [7, 11) is 1.65. The van der Waals surface area contributed by atoms with Crippen molar-refractivity contribution in [2.45, 2.75) is 39.2 Å².